The lowest BCUT2D eigenvalue weighted by Gasteiger charge is -2.46. The predicted molar refractivity (Wildman–Crippen MR) is 118 cm³/mol. The third kappa shape index (κ3) is 5.08. The van der Waals surface area contributed by atoms with E-state index in [-0.39, 0.29) is 24.9 Å². The van der Waals surface area contributed by atoms with Crippen molar-refractivity contribution in [2.75, 3.05) is 25.9 Å². The van der Waals surface area contributed by atoms with Crippen LogP contribution in [0.2, 0.25) is 0 Å². The summed E-state index contributed by atoms with van der Waals surface area (Å²) in [4.78, 5) is 28.7. The Balaban J connectivity index is 1.80. The average Bonchev–Trinajstić information content (AvgIpc) is 3.19. The highest BCUT2D eigenvalue weighted by molar-refractivity contribution is 7.88. The van der Waals surface area contributed by atoms with E-state index in [9.17, 15) is 18.0 Å². The number of nitrogens with zero attached hydrogens (tertiary/aromatic N) is 2. The maximum absolute atomic E-state index is 13.2. The molecule has 0 aliphatic carbocycles. The predicted octanol–water partition coefficient (Wildman–Crippen LogP) is 1.78. The first kappa shape index (κ1) is 22.5. The summed E-state index contributed by atoms with van der Waals surface area (Å²) in [5.74, 6) is -0.729. The Labute approximate surface area is 181 Å². The Kier molecular flexibility index (Phi) is 6.64. The quantitative estimate of drug-likeness (QED) is 0.698. The van der Waals surface area contributed by atoms with Gasteiger partial charge in [0.25, 0.3) is 0 Å². The molecule has 0 radical (unpaired) electrons. The van der Waals surface area contributed by atoms with Crippen LogP contribution in [0.25, 0.3) is 0 Å². The molecule has 2 aromatic rings. The van der Waals surface area contributed by atoms with E-state index in [0.29, 0.717) is 19.5 Å². The average molecular weight is 450 g/mol. The van der Waals surface area contributed by atoms with Crippen molar-refractivity contribution in [3.05, 3.63) is 57.8 Å². The molecule has 1 aromatic carbocycles. The molecular formula is C21H27N3O4S2. The van der Waals surface area contributed by atoms with E-state index >= 15 is 0 Å². The number of aryl methyl sites for hydroxylation is 1. The molecule has 0 bridgehead atoms. The largest absolute Gasteiger partial charge is 0.350 e. The lowest BCUT2D eigenvalue weighted by atomic mass is 9.95. The molecule has 0 saturated carbocycles. The lowest BCUT2D eigenvalue weighted by molar-refractivity contribution is -0.152. The van der Waals surface area contributed by atoms with Crippen molar-refractivity contribution in [2.24, 2.45) is 0 Å². The minimum atomic E-state index is -3.61. The summed E-state index contributed by atoms with van der Waals surface area (Å²) in [6.45, 7) is 3.97. The summed E-state index contributed by atoms with van der Waals surface area (Å²) < 4.78 is 25.3. The Morgan fingerprint density at radius 1 is 1.23 bits per heavy atom. The molecule has 1 N–H and O–H groups in total. The summed E-state index contributed by atoms with van der Waals surface area (Å²) in [6, 6.07) is 11.7. The lowest BCUT2D eigenvalue weighted by Crippen LogP contribution is -2.69. The highest BCUT2D eigenvalue weighted by Crippen LogP contribution is 2.26. The van der Waals surface area contributed by atoms with E-state index in [1.165, 1.54) is 4.90 Å². The number of rotatable bonds is 7. The van der Waals surface area contributed by atoms with Crippen LogP contribution in [-0.4, -0.2) is 60.9 Å². The fourth-order valence-corrected chi connectivity index (χ4v) is 5.08. The van der Waals surface area contributed by atoms with Gasteiger partial charge in [-0.3, -0.25) is 9.59 Å². The number of thiophene rings is 1. The van der Waals surface area contributed by atoms with E-state index in [0.717, 1.165) is 26.6 Å². The summed E-state index contributed by atoms with van der Waals surface area (Å²) in [5.41, 5.74) is 0.767. The first-order valence-electron chi connectivity index (χ1n) is 9.71. The summed E-state index contributed by atoms with van der Waals surface area (Å²) in [7, 11) is -3.61. The van der Waals surface area contributed by atoms with Gasteiger partial charge in [-0.2, -0.15) is 4.31 Å². The van der Waals surface area contributed by atoms with Crippen LogP contribution in [0.15, 0.2) is 41.8 Å². The van der Waals surface area contributed by atoms with Crippen LogP contribution in [0.3, 0.4) is 0 Å². The molecule has 30 heavy (non-hydrogen) atoms. The molecular weight excluding hydrogens is 422 g/mol. The van der Waals surface area contributed by atoms with Crippen LogP contribution in [0, 0.1) is 6.92 Å². The van der Waals surface area contributed by atoms with E-state index < -0.39 is 15.6 Å². The van der Waals surface area contributed by atoms with Crippen molar-refractivity contribution in [3.63, 3.8) is 0 Å². The Bertz CT molecular complexity index is 1000. The van der Waals surface area contributed by atoms with Crippen LogP contribution in [0.4, 0.5) is 0 Å². The molecule has 0 spiro atoms. The third-order valence-electron chi connectivity index (χ3n) is 5.39. The number of amides is 2. The molecule has 2 heterocycles. The number of nitrogens with one attached hydrogen (secondary N) is 1. The first-order valence-corrected chi connectivity index (χ1v) is 12.4. The summed E-state index contributed by atoms with van der Waals surface area (Å²) >= 11 is 1.59. The van der Waals surface area contributed by atoms with Gasteiger partial charge in [-0.05, 0) is 37.3 Å². The molecule has 1 saturated heterocycles. The molecule has 1 aliphatic rings. The topological polar surface area (TPSA) is 86.8 Å². The standard InChI is InChI=1S/C21H27N3O4S2/c1-16-6-8-17(9-7-16)13-22-20(26)21(2)15-23(30(3,27)28)14-19(25)24(21)11-10-18-5-4-12-29-18/h4-9,12H,10-11,13-15H2,1-3H3,(H,22,26)/t21-/m0/s1. The zero-order valence-electron chi connectivity index (χ0n) is 17.4. The number of benzene rings is 1. The van der Waals surface area contributed by atoms with Gasteiger partial charge in [0.1, 0.15) is 5.54 Å². The number of carbonyl (C=O) groups is 2. The normalized spacial score (nSPS) is 20.4. The van der Waals surface area contributed by atoms with Crippen molar-refractivity contribution >= 4 is 33.2 Å². The zero-order chi connectivity index (χ0) is 21.9. The van der Waals surface area contributed by atoms with Crippen molar-refractivity contribution < 1.29 is 18.0 Å². The second kappa shape index (κ2) is 8.87. The fraction of sp³-hybridized carbons (Fsp3) is 0.429. The van der Waals surface area contributed by atoms with E-state index in [4.69, 9.17) is 0 Å². The van der Waals surface area contributed by atoms with E-state index in [1.54, 1.807) is 18.3 Å². The Morgan fingerprint density at radius 3 is 2.53 bits per heavy atom. The number of carbonyl (C=O) groups excluding carboxylic acids is 2. The molecule has 0 unspecified atom stereocenters. The third-order valence-corrected chi connectivity index (χ3v) is 7.52. The molecule has 1 atom stereocenters. The Morgan fingerprint density at radius 2 is 1.93 bits per heavy atom. The molecule has 1 aromatic heterocycles. The van der Waals surface area contributed by atoms with Gasteiger partial charge in [0.15, 0.2) is 0 Å². The van der Waals surface area contributed by atoms with Crippen LogP contribution in [0.5, 0.6) is 0 Å². The van der Waals surface area contributed by atoms with Gasteiger partial charge in [-0.25, -0.2) is 8.42 Å². The molecule has 2 amide bonds. The van der Waals surface area contributed by atoms with Gasteiger partial charge in [0, 0.05) is 24.5 Å². The summed E-state index contributed by atoms with van der Waals surface area (Å²) in [6.07, 6.45) is 1.68. The maximum Gasteiger partial charge on any atom is 0.247 e. The SMILES string of the molecule is Cc1ccc(CNC(=O)[C@]2(C)CN(S(C)(=O)=O)CC(=O)N2CCc2cccs2)cc1. The number of sulfonamides is 1. The number of hydrogen-bond acceptors (Lipinski definition) is 5. The smallest absolute Gasteiger partial charge is 0.247 e. The van der Waals surface area contributed by atoms with Crippen molar-refractivity contribution in [1.29, 1.82) is 0 Å². The van der Waals surface area contributed by atoms with E-state index in [2.05, 4.69) is 5.32 Å². The van der Waals surface area contributed by atoms with Gasteiger partial charge in [-0.1, -0.05) is 35.9 Å². The van der Waals surface area contributed by atoms with Gasteiger partial charge < -0.3 is 10.2 Å². The van der Waals surface area contributed by atoms with E-state index in [1.807, 2.05) is 48.7 Å². The molecule has 162 valence electrons. The first-order chi connectivity index (χ1) is 14.1. The highest BCUT2D eigenvalue weighted by atomic mass is 32.2. The summed E-state index contributed by atoms with van der Waals surface area (Å²) in [5, 5.41) is 4.86. The van der Waals surface area contributed by atoms with Crippen molar-refractivity contribution in [3.8, 4) is 0 Å². The van der Waals surface area contributed by atoms with Crippen LogP contribution >= 0.6 is 11.3 Å². The van der Waals surface area contributed by atoms with Crippen molar-refractivity contribution in [1.82, 2.24) is 14.5 Å². The highest BCUT2D eigenvalue weighted by Gasteiger charge is 2.49. The molecule has 7 nitrogen and oxygen atoms in total. The molecule has 1 fully saturated rings. The van der Waals surface area contributed by atoms with Crippen LogP contribution < -0.4 is 5.32 Å². The van der Waals surface area contributed by atoms with Crippen LogP contribution in [0.1, 0.15) is 22.9 Å². The number of piperazine rings is 1. The molecule has 3 rings (SSSR count). The monoisotopic (exact) mass is 449 g/mol. The zero-order valence-corrected chi connectivity index (χ0v) is 19.1. The minimum absolute atomic E-state index is 0.0677. The van der Waals surface area contributed by atoms with Crippen molar-refractivity contribution in [2.45, 2.75) is 32.4 Å². The minimum Gasteiger partial charge on any atom is -0.350 e. The number of hydrogen-bond donors (Lipinski definition) is 1. The van der Waals surface area contributed by atoms with Gasteiger partial charge >= 0.3 is 0 Å². The van der Waals surface area contributed by atoms with Gasteiger partial charge in [0.2, 0.25) is 21.8 Å². The second-order valence-corrected chi connectivity index (χ2v) is 10.9. The maximum atomic E-state index is 13.2. The molecule has 9 heteroatoms. The second-order valence-electron chi connectivity index (χ2n) is 7.85. The Hall–Kier alpha value is -2.23. The fourth-order valence-electron chi connectivity index (χ4n) is 3.55. The molecule has 1 aliphatic heterocycles. The van der Waals surface area contributed by atoms with Gasteiger partial charge in [0.05, 0.1) is 12.8 Å². The van der Waals surface area contributed by atoms with Gasteiger partial charge in [-0.15, -0.1) is 11.3 Å². The van der Waals surface area contributed by atoms with Crippen LogP contribution in [-0.2, 0) is 32.6 Å².